The number of hydrogen-bond donors (Lipinski definition) is 0. The predicted molar refractivity (Wildman–Crippen MR) is 73.0 cm³/mol. The summed E-state index contributed by atoms with van der Waals surface area (Å²) in [7, 11) is 0. The third-order valence-corrected chi connectivity index (χ3v) is 3.21. The molecule has 3 aromatic carbocycles. The fraction of sp³-hybridized carbons (Fsp3) is 0. The van der Waals surface area contributed by atoms with Gasteiger partial charge in [-0.15, -0.1) is 0 Å². The maximum absolute atomic E-state index is 3.37. The fourth-order valence-electron chi connectivity index (χ4n) is 1.84. The SMILES string of the molecule is Ic1[c]c2cc3ccccc3cc2cc1. The molecule has 0 N–H and O–H groups in total. The highest BCUT2D eigenvalue weighted by Gasteiger charge is 1.98. The van der Waals surface area contributed by atoms with Crippen molar-refractivity contribution in [3.63, 3.8) is 0 Å². The molecule has 0 aromatic heterocycles. The van der Waals surface area contributed by atoms with Gasteiger partial charge in [-0.3, -0.25) is 0 Å². The van der Waals surface area contributed by atoms with E-state index >= 15 is 0 Å². The molecule has 0 unspecified atom stereocenters. The Kier molecular flexibility index (Phi) is 2.13. The minimum absolute atomic E-state index is 1.16. The largest absolute Gasteiger partial charge is 0.0616 e. The zero-order chi connectivity index (χ0) is 10.3. The van der Waals surface area contributed by atoms with Crippen molar-refractivity contribution in [3.8, 4) is 0 Å². The molecule has 1 heteroatoms. The Morgan fingerprint density at radius 1 is 0.800 bits per heavy atom. The second-order valence-corrected chi connectivity index (χ2v) is 4.76. The van der Waals surface area contributed by atoms with Crippen molar-refractivity contribution in [2.45, 2.75) is 0 Å². The van der Waals surface area contributed by atoms with Crippen molar-refractivity contribution in [2.24, 2.45) is 0 Å². The number of fused-ring (bicyclic) bond motifs is 2. The van der Waals surface area contributed by atoms with Crippen LogP contribution in [0, 0.1) is 9.64 Å². The lowest BCUT2D eigenvalue weighted by molar-refractivity contribution is 1.70. The van der Waals surface area contributed by atoms with Crippen molar-refractivity contribution < 1.29 is 0 Å². The number of benzene rings is 3. The summed E-state index contributed by atoms with van der Waals surface area (Å²) in [6.07, 6.45) is 0. The third-order valence-electron chi connectivity index (χ3n) is 2.58. The van der Waals surface area contributed by atoms with Gasteiger partial charge in [-0.2, -0.15) is 0 Å². The molecule has 71 valence electrons. The first kappa shape index (κ1) is 9.16. The molecular weight excluding hydrogens is 295 g/mol. The predicted octanol–water partition coefficient (Wildman–Crippen LogP) is 4.40. The van der Waals surface area contributed by atoms with Crippen molar-refractivity contribution in [1.82, 2.24) is 0 Å². The van der Waals surface area contributed by atoms with E-state index in [0.717, 1.165) is 3.57 Å². The molecular formula is C14H8I. The molecule has 0 fully saturated rings. The molecule has 0 heterocycles. The standard InChI is InChI=1S/C14H8I/c15-14-6-5-12-7-10-3-1-2-4-11(10)8-13(12)9-14/h1-8H. The van der Waals surface area contributed by atoms with Crippen LogP contribution in [0.25, 0.3) is 21.5 Å². The monoisotopic (exact) mass is 303 g/mol. The average Bonchev–Trinajstić information content (AvgIpc) is 2.26. The van der Waals surface area contributed by atoms with Gasteiger partial charge in [0.25, 0.3) is 0 Å². The van der Waals surface area contributed by atoms with Crippen LogP contribution in [0.3, 0.4) is 0 Å². The Morgan fingerprint density at radius 3 is 2.33 bits per heavy atom. The first-order valence-corrected chi connectivity index (χ1v) is 5.91. The molecule has 0 amide bonds. The fourth-order valence-corrected chi connectivity index (χ4v) is 2.31. The van der Waals surface area contributed by atoms with E-state index in [1.807, 2.05) is 0 Å². The Morgan fingerprint density at radius 2 is 1.53 bits per heavy atom. The van der Waals surface area contributed by atoms with Crippen molar-refractivity contribution >= 4 is 44.1 Å². The lowest BCUT2D eigenvalue weighted by atomic mass is 10.0. The van der Waals surface area contributed by atoms with E-state index in [2.05, 4.69) is 77.2 Å². The molecule has 0 aliphatic rings. The van der Waals surface area contributed by atoms with Gasteiger partial charge in [0.15, 0.2) is 0 Å². The molecule has 0 bridgehead atoms. The van der Waals surface area contributed by atoms with Crippen LogP contribution in [0.1, 0.15) is 0 Å². The summed E-state index contributed by atoms with van der Waals surface area (Å²) in [6.45, 7) is 0. The van der Waals surface area contributed by atoms with Crippen LogP contribution in [0.2, 0.25) is 0 Å². The second-order valence-electron chi connectivity index (χ2n) is 3.59. The smallest absolute Gasteiger partial charge is 0.0215 e. The van der Waals surface area contributed by atoms with E-state index in [1.165, 1.54) is 21.5 Å². The van der Waals surface area contributed by atoms with Gasteiger partial charge in [0.2, 0.25) is 0 Å². The molecule has 3 aromatic rings. The van der Waals surface area contributed by atoms with Crippen molar-refractivity contribution in [2.75, 3.05) is 0 Å². The summed E-state index contributed by atoms with van der Waals surface area (Å²) in [4.78, 5) is 0. The van der Waals surface area contributed by atoms with Crippen LogP contribution in [-0.4, -0.2) is 0 Å². The van der Waals surface area contributed by atoms with Crippen LogP contribution in [-0.2, 0) is 0 Å². The quantitative estimate of drug-likeness (QED) is 0.426. The summed E-state index contributed by atoms with van der Waals surface area (Å²) in [5, 5.41) is 5.03. The Hall–Kier alpha value is -1.09. The molecule has 0 aliphatic carbocycles. The Bertz CT molecular complexity index is 641. The van der Waals surface area contributed by atoms with E-state index in [9.17, 15) is 0 Å². The second kappa shape index (κ2) is 3.49. The molecule has 0 nitrogen and oxygen atoms in total. The van der Waals surface area contributed by atoms with Crippen LogP contribution in [0.4, 0.5) is 0 Å². The van der Waals surface area contributed by atoms with Gasteiger partial charge in [0, 0.05) is 9.64 Å². The van der Waals surface area contributed by atoms with Gasteiger partial charge in [-0.1, -0.05) is 30.3 Å². The first-order chi connectivity index (χ1) is 7.33. The highest BCUT2D eigenvalue weighted by molar-refractivity contribution is 14.1. The lowest BCUT2D eigenvalue weighted by Crippen LogP contribution is -1.77. The van der Waals surface area contributed by atoms with E-state index in [-0.39, 0.29) is 0 Å². The van der Waals surface area contributed by atoms with Crippen molar-refractivity contribution in [1.29, 1.82) is 0 Å². The molecule has 3 rings (SSSR count). The van der Waals surface area contributed by atoms with Gasteiger partial charge < -0.3 is 0 Å². The van der Waals surface area contributed by atoms with E-state index in [1.54, 1.807) is 0 Å². The number of halogens is 1. The summed E-state index contributed by atoms with van der Waals surface area (Å²) >= 11 is 2.30. The van der Waals surface area contributed by atoms with Crippen LogP contribution in [0.15, 0.2) is 48.5 Å². The van der Waals surface area contributed by atoms with Gasteiger partial charge in [0.1, 0.15) is 0 Å². The molecule has 0 saturated heterocycles. The third kappa shape index (κ3) is 1.61. The van der Waals surface area contributed by atoms with E-state index in [4.69, 9.17) is 0 Å². The molecule has 1 radical (unpaired) electrons. The zero-order valence-corrected chi connectivity index (χ0v) is 10.2. The molecule has 0 atom stereocenters. The number of rotatable bonds is 0. The number of hydrogen-bond acceptors (Lipinski definition) is 0. The maximum Gasteiger partial charge on any atom is 0.0215 e. The molecule has 0 aliphatic heterocycles. The van der Waals surface area contributed by atoms with E-state index in [0.29, 0.717) is 0 Å². The highest BCUT2D eigenvalue weighted by Crippen LogP contribution is 2.23. The minimum atomic E-state index is 1.16. The van der Waals surface area contributed by atoms with E-state index < -0.39 is 0 Å². The molecule has 15 heavy (non-hydrogen) atoms. The van der Waals surface area contributed by atoms with Gasteiger partial charge in [0.05, 0.1) is 0 Å². The van der Waals surface area contributed by atoms with Gasteiger partial charge >= 0.3 is 0 Å². The van der Waals surface area contributed by atoms with Crippen LogP contribution in [0.5, 0.6) is 0 Å². The minimum Gasteiger partial charge on any atom is -0.0616 e. The topological polar surface area (TPSA) is 0 Å². The summed E-state index contributed by atoms with van der Waals surface area (Å²) in [5.41, 5.74) is 0. The molecule has 0 spiro atoms. The van der Waals surface area contributed by atoms with Crippen molar-refractivity contribution in [3.05, 3.63) is 58.2 Å². The first-order valence-electron chi connectivity index (χ1n) is 4.83. The van der Waals surface area contributed by atoms with Crippen LogP contribution < -0.4 is 0 Å². The summed E-state index contributed by atoms with van der Waals surface area (Å²) in [6, 6.07) is 20.5. The van der Waals surface area contributed by atoms with Crippen LogP contribution >= 0.6 is 22.6 Å². The van der Waals surface area contributed by atoms with Gasteiger partial charge in [-0.25, -0.2) is 0 Å². The zero-order valence-electron chi connectivity index (χ0n) is 8.00. The highest BCUT2D eigenvalue weighted by atomic mass is 127. The average molecular weight is 303 g/mol. The normalized spacial score (nSPS) is 11.0. The Labute approximate surface area is 102 Å². The molecule has 0 saturated carbocycles. The summed E-state index contributed by atoms with van der Waals surface area (Å²) in [5.74, 6) is 0. The van der Waals surface area contributed by atoms with Gasteiger partial charge in [-0.05, 0) is 62.3 Å². The summed E-state index contributed by atoms with van der Waals surface area (Å²) < 4.78 is 1.16. The maximum atomic E-state index is 3.37. The lowest BCUT2D eigenvalue weighted by Gasteiger charge is -2.01. The Balaban J connectivity index is 2.47.